The molecule has 1 heterocycles. The summed E-state index contributed by atoms with van der Waals surface area (Å²) in [7, 11) is 0. The fourth-order valence-corrected chi connectivity index (χ4v) is 3.66. The molecule has 2 fully saturated rings. The average molecular weight is 344 g/mol. The number of rotatable bonds is 2. The van der Waals surface area contributed by atoms with Gasteiger partial charge in [0.1, 0.15) is 0 Å². The number of benzene rings is 1. The Morgan fingerprint density at radius 3 is 3.00 bits per heavy atom. The highest BCUT2D eigenvalue weighted by atomic mass is 79.9. The Labute approximate surface area is 124 Å². The van der Waals surface area contributed by atoms with Gasteiger partial charge in [0.25, 0.3) is 0 Å². The van der Waals surface area contributed by atoms with Crippen LogP contribution in [0.3, 0.4) is 0 Å². The summed E-state index contributed by atoms with van der Waals surface area (Å²) in [5.41, 5.74) is 0.407. The zero-order valence-corrected chi connectivity index (χ0v) is 12.4. The van der Waals surface area contributed by atoms with Crippen LogP contribution in [0.1, 0.15) is 29.6 Å². The molecule has 6 heteroatoms. The number of nitrogens with zero attached hydrogens (tertiary/aromatic N) is 1. The van der Waals surface area contributed by atoms with E-state index in [1.165, 1.54) is 6.07 Å². The first-order chi connectivity index (χ1) is 9.59. The van der Waals surface area contributed by atoms with Crippen LogP contribution in [0.15, 0.2) is 16.6 Å². The average Bonchev–Trinajstić information content (AvgIpc) is 2.89. The highest BCUT2D eigenvalue weighted by Crippen LogP contribution is 2.36. The van der Waals surface area contributed by atoms with E-state index in [1.807, 2.05) is 4.90 Å². The Bertz CT molecular complexity index is 551. The van der Waals surface area contributed by atoms with Crippen LogP contribution in [0.25, 0.3) is 0 Å². The van der Waals surface area contributed by atoms with E-state index in [0.29, 0.717) is 18.8 Å². The fraction of sp³-hybridized carbons (Fsp3) is 0.500. The Balaban J connectivity index is 1.97. The number of hydrogen-bond acceptors (Lipinski definition) is 3. The minimum absolute atomic E-state index is 0.0172. The van der Waals surface area contributed by atoms with Crippen molar-refractivity contribution in [2.24, 2.45) is 0 Å². The van der Waals surface area contributed by atoms with Gasteiger partial charge in [-0.15, -0.1) is 0 Å². The van der Waals surface area contributed by atoms with E-state index >= 15 is 0 Å². The highest BCUT2D eigenvalue weighted by molar-refractivity contribution is 9.10. The van der Waals surface area contributed by atoms with Crippen LogP contribution in [0.4, 0.5) is 10.1 Å². The maximum absolute atomic E-state index is 14.5. The molecule has 2 aliphatic rings. The minimum Gasteiger partial charge on any atom is -0.478 e. The van der Waals surface area contributed by atoms with Gasteiger partial charge in [0.15, 0.2) is 5.82 Å². The number of carbonyl (C=O) groups is 1. The number of halogens is 2. The molecule has 3 rings (SSSR count). The first-order valence-corrected chi connectivity index (χ1v) is 7.48. The third kappa shape index (κ3) is 2.20. The van der Waals surface area contributed by atoms with E-state index in [4.69, 9.17) is 9.84 Å². The quantitative estimate of drug-likeness (QED) is 0.896. The summed E-state index contributed by atoms with van der Waals surface area (Å²) in [5.74, 6) is -1.64. The zero-order valence-electron chi connectivity index (χ0n) is 10.8. The molecule has 0 bridgehead atoms. The van der Waals surface area contributed by atoms with Gasteiger partial charge in [-0.1, -0.05) is 0 Å². The van der Waals surface area contributed by atoms with E-state index in [-0.39, 0.29) is 22.2 Å². The number of aromatic carboxylic acids is 1. The SMILES string of the molecule is O=C(O)c1ccc(N2CCOC3CCCC32)c(F)c1Br. The maximum atomic E-state index is 14.5. The summed E-state index contributed by atoms with van der Waals surface area (Å²) in [6.45, 7) is 1.22. The van der Waals surface area contributed by atoms with Crippen molar-refractivity contribution in [1.29, 1.82) is 0 Å². The van der Waals surface area contributed by atoms with Gasteiger partial charge in [0, 0.05) is 6.54 Å². The van der Waals surface area contributed by atoms with Gasteiger partial charge in [0.2, 0.25) is 0 Å². The Morgan fingerprint density at radius 2 is 2.25 bits per heavy atom. The zero-order chi connectivity index (χ0) is 14.3. The number of carboxylic acid groups (broad SMARTS) is 1. The number of morpholine rings is 1. The predicted octanol–water partition coefficient (Wildman–Crippen LogP) is 3.04. The van der Waals surface area contributed by atoms with Crippen LogP contribution in [0.5, 0.6) is 0 Å². The lowest BCUT2D eigenvalue weighted by atomic mass is 10.1. The minimum atomic E-state index is -1.14. The van der Waals surface area contributed by atoms with Crippen molar-refractivity contribution in [1.82, 2.24) is 0 Å². The van der Waals surface area contributed by atoms with E-state index in [1.54, 1.807) is 6.07 Å². The topological polar surface area (TPSA) is 49.8 Å². The molecule has 0 amide bonds. The molecule has 1 saturated heterocycles. The normalized spacial score (nSPS) is 25.6. The second kappa shape index (κ2) is 5.33. The summed E-state index contributed by atoms with van der Waals surface area (Å²) in [6.07, 6.45) is 3.25. The predicted molar refractivity (Wildman–Crippen MR) is 75.8 cm³/mol. The van der Waals surface area contributed by atoms with Gasteiger partial charge in [0.05, 0.1) is 34.5 Å². The van der Waals surface area contributed by atoms with E-state index in [0.717, 1.165) is 19.3 Å². The fourth-order valence-electron chi connectivity index (χ4n) is 3.15. The van der Waals surface area contributed by atoms with Crippen molar-refractivity contribution in [2.45, 2.75) is 31.4 Å². The van der Waals surface area contributed by atoms with Gasteiger partial charge in [-0.3, -0.25) is 0 Å². The van der Waals surface area contributed by atoms with Crippen molar-refractivity contribution in [2.75, 3.05) is 18.1 Å². The van der Waals surface area contributed by atoms with Crippen LogP contribution < -0.4 is 4.90 Å². The summed E-state index contributed by atoms with van der Waals surface area (Å²) < 4.78 is 20.2. The largest absolute Gasteiger partial charge is 0.478 e. The van der Waals surface area contributed by atoms with Crippen LogP contribution in [-0.2, 0) is 4.74 Å². The van der Waals surface area contributed by atoms with Crippen LogP contribution in [0.2, 0.25) is 0 Å². The Kier molecular flexibility index (Phi) is 3.69. The van der Waals surface area contributed by atoms with E-state index in [9.17, 15) is 9.18 Å². The van der Waals surface area contributed by atoms with Crippen LogP contribution in [0, 0.1) is 5.82 Å². The molecule has 0 radical (unpaired) electrons. The van der Waals surface area contributed by atoms with Gasteiger partial charge < -0.3 is 14.7 Å². The number of fused-ring (bicyclic) bond motifs is 1. The molecule has 0 aromatic heterocycles. The molecule has 0 spiro atoms. The third-order valence-electron chi connectivity index (χ3n) is 4.08. The second-order valence-corrected chi connectivity index (χ2v) is 5.96. The second-order valence-electron chi connectivity index (χ2n) is 5.17. The van der Waals surface area contributed by atoms with Gasteiger partial charge in [-0.25, -0.2) is 9.18 Å². The number of hydrogen-bond donors (Lipinski definition) is 1. The smallest absolute Gasteiger partial charge is 0.336 e. The number of ether oxygens (including phenoxy) is 1. The molecule has 1 aromatic carbocycles. The first kappa shape index (κ1) is 13.8. The molecule has 1 aliphatic carbocycles. The standard InChI is InChI=1S/C14H15BrFNO3/c15-12-8(14(18)19)4-5-10(13(12)16)17-6-7-20-11-3-1-2-9(11)17/h4-5,9,11H,1-3,6-7H2,(H,18,19). The van der Waals surface area contributed by atoms with Crippen molar-refractivity contribution in [3.05, 3.63) is 28.0 Å². The summed E-state index contributed by atoms with van der Waals surface area (Å²) in [4.78, 5) is 13.0. The molecular weight excluding hydrogens is 329 g/mol. The Hall–Kier alpha value is -1.14. The number of anilines is 1. The molecule has 1 saturated carbocycles. The molecule has 1 aliphatic heterocycles. The van der Waals surface area contributed by atoms with E-state index < -0.39 is 11.8 Å². The lowest BCUT2D eigenvalue weighted by Crippen LogP contribution is -2.49. The molecule has 4 nitrogen and oxygen atoms in total. The van der Waals surface area contributed by atoms with Crippen LogP contribution in [-0.4, -0.2) is 36.4 Å². The summed E-state index contributed by atoms with van der Waals surface area (Å²) in [6, 6.07) is 3.20. The molecule has 108 valence electrons. The van der Waals surface area contributed by atoms with Crippen LogP contribution >= 0.6 is 15.9 Å². The highest BCUT2D eigenvalue weighted by Gasteiger charge is 2.37. The van der Waals surface area contributed by atoms with Crippen molar-refractivity contribution >= 4 is 27.6 Å². The van der Waals surface area contributed by atoms with Gasteiger partial charge >= 0.3 is 5.97 Å². The lowest BCUT2D eigenvalue weighted by molar-refractivity contribution is 0.0253. The first-order valence-electron chi connectivity index (χ1n) is 6.69. The maximum Gasteiger partial charge on any atom is 0.336 e. The molecule has 1 aromatic rings. The summed E-state index contributed by atoms with van der Waals surface area (Å²) in [5, 5.41) is 9.01. The van der Waals surface area contributed by atoms with E-state index in [2.05, 4.69) is 15.9 Å². The van der Waals surface area contributed by atoms with Crippen molar-refractivity contribution < 1.29 is 19.0 Å². The summed E-state index contributed by atoms with van der Waals surface area (Å²) >= 11 is 3.06. The lowest BCUT2D eigenvalue weighted by Gasteiger charge is -2.39. The van der Waals surface area contributed by atoms with Crippen molar-refractivity contribution in [3.63, 3.8) is 0 Å². The van der Waals surface area contributed by atoms with Crippen molar-refractivity contribution in [3.8, 4) is 0 Å². The molecule has 1 N–H and O–H groups in total. The molecule has 20 heavy (non-hydrogen) atoms. The Morgan fingerprint density at radius 1 is 1.45 bits per heavy atom. The van der Waals surface area contributed by atoms with Gasteiger partial charge in [-0.05, 0) is 47.3 Å². The monoisotopic (exact) mass is 343 g/mol. The van der Waals surface area contributed by atoms with Gasteiger partial charge in [-0.2, -0.15) is 0 Å². The molecule has 2 atom stereocenters. The molecule has 2 unspecified atom stereocenters. The third-order valence-corrected chi connectivity index (χ3v) is 4.86. The number of carboxylic acids is 1. The molecular formula is C14H15BrFNO3.